The molecule has 18 heavy (non-hydrogen) atoms. The van der Waals surface area contributed by atoms with E-state index in [4.69, 9.17) is 5.73 Å². The van der Waals surface area contributed by atoms with Gasteiger partial charge in [0, 0.05) is 5.69 Å². The topological polar surface area (TPSA) is 63.4 Å². The van der Waals surface area contributed by atoms with Crippen LogP contribution in [0.1, 0.15) is 12.8 Å². The summed E-state index contributed by atoms with van der Waals surface area (Å²) in [5.74, 6) is -0.529. The maximum absolute atomic E-state index is 12.3. The van der Waals surface area contributed by atoms with E-state index in [1.54, 1.807) is 24.3 Å². The zero-order chi connectivity index (χ0) is 12.7. The summed E-state index contributed by atoms with van der Waals surface area (Å²) in [5, 5.41) is 0. The molecule has 1 saturated heterocycles. The molecule has 1 heterocycles. The molecule has 0 bridgehead atoms. The minimum absolute atomic E-state index is 0.0841. The molecule has 1 aliphatic carbocycles. The van der Waals surface area contributed by atoms with E-state index in [-0.39, 0.29) is 23.7 Å². The van der Waals surface area contributed by atoms with Gasteiger partial charge in [-0.1, -0.05) is 12.2 Å². The van der Waals surface area contributed by atoms with Crippen molar-refractivity contribution in [3.63, 3.8) is 0 Å². The summed E-state index contributed by atoms with van der Waals surface area (Å²) in [4.78, 5) is 25.9. The molecule has 0 saturated carbocycles. The van der Waals surface area contributed by atoms with E-state index in [1.165, 1.54) is 4.90 Å². The molecule has 1 aromatic carbocycles. The monoisotopic (exact) mass is 242 g/mol. The zero-order valence-corrected chi connectivity index (χ0v) is 9.87. The molecule has 92 valence electrons. The van der Waals surface area contributed by atoms with Gasteiger partial charge in [-0.15, -0.1) is 0 Å². The second-order valence-electron chi connectivity index (χ2n) is 4.76. The van der Waals surface area contributed by atoms with Gasteiger partial charge in [0.1, 0.15) is 0 Å². The Hall–Kier alpha value is -2.10. The van der Waals surface area contributed by atoms with Crippen molar-refractivity contribution in [2.45, 2.75) is 12.8 Å². The van der Waals surface area contributed by atoms with Gasteiger partial charge in [-0.3, -0.25) is 14.5 Å². The minimum atomic E-state index is -0.181. The van der Waals surface area contributed by atoms with E-state index in [1.807, 2.05) is 12.2 Å². The van der Waals surface area contributed by atoms with E-state index < -0.39 is 0 Å². The van der Waals surface area contributed by atoms with E-state index in [0.29, 0.717) is 24.2 Å². The van der Waals surface area contributed by atoms with Crippen molar-refractivity contribution < 1.29 is 9.59 Å². The van der Waals surface area contributed by atoms with E-state index >= 15 is 0 Å². The minimum Gasteiger partial charge on any atom is -0.399 e. The number of nitrogens with two attached hydrogens (primary N) is 1. The summed E-state index contributed by atoms with van der Waals surface area (Å²) in [6.45, 7) is 0. The first kappa shape index (κ1) is 11.0. The fraction of sp³-hybridized carbons (Fsp3) is 0.286. The number of rotatable bonds is 1. The number of imide groups is 1. The molecule has 1 aliphatic heterocycles. The van der Waals surface area contributed by atoms with Crippen LogP contribution in [0.4, 0.5) is 11.4 Å². The van der Waals surface area contributed by atoms with Crippen LogP contribution >= 0.6 is 0 Å². The molecule has 2 N–H and O–H groups in total. The lowest BCUT2D eigenvalue weighted by molar-refractivity contribution is -0.122. The molecule has 4 heteroatoms. The Bertz CT molecular complexity index is 507. The largest absolute Gasteiger partial charge is 0.399 e. The Morgan fingerprint density at radius 3 is 1.94 bits per heavy atom. The van der Waals surface area contributed by atoms with Crippen molar-refractivity contribution in [3.8, 4) is 0 Å². The number of nitrogens with zero attached hydrogens (tertiary/aromatic N) is 1. The van der Waals surface area contributed by atoms with E-state index in [9.17, 15) is 9.59 Å². The van der Waals surface area contributed by atoms with Gasteiger partial charge in [0.15, 0.2) is 0 Å². The summed E-state index contributed by atoms with van der Waals surface area (Å²) in [6.07, 6.45) is 5.30. The molecule has 0 radical (unpaired) electrons. The third-order valence-corrected chi connectivity index (χ3v) is 3.66. The number of anilines is 2. The Morgan fingerprint density at radius 1 is 0.944 bits per heavy atom. The van der Waals surface area contributed by atoms with Gasteiger partial charge >= 0.3 is 0 Å². The van der Waals surface area contributed by atoms with Crippen LogP contribution in [0.25, 0.3) is 0 Å². The summed E-state index contributed by atoms with van der Waals surface area (Å²) in [7, 11) is 0. The SMILES string of the molecule is Nc1ccc(N2C(=O)[C@H]3CC=CC[C@@H]3C2=O)cc1. The molecule has 1 aromatic rings. The third kappa shape index (κ3) is 1.53. The fourth-order valence-electron chi connectivity index (χ4n) is 2.68. The van der Waals surface area contributed by atoms with Crippen molar-refractivity contribution in [3.05, 3.63) is 36.4 Å². The molecular weight excluding hydrogens is 228 g/mol. The number of carbonyl (C=O) groups is 2. The zero-order valence-electron chi connectivity index (χ0n) is 9.87. The van der Waals surface area contributed by atoms with Crippen LogP contribution in [-0.2, 0) is 9.59 Å². The molecule has 4 nitrogen and oxygen atoms in total. The van der Waals surface area contributed by atoms with Crippen molar-refractivity contribution >= 4 is 23.2 Å². The van der Waals surface area contributed by atoms with Crippen molar-refractivity contribution in [1.29, 1.82) is 0 Å². The molecule has 2 amide bonds. The molecule has 1 fully saturated rings. The normalized spacial score (nSPS) is 26.6. The first-order chi connectivity index (χ1) is 8.68. The van der Waals surface area contributed by atoms with Gasteiger partial charge in [-0.25, -0.2) is 0 Å². The second-order valence-corrected chi connectivity index (χ2v) is 4.76. The molecule has 3 rings (SSSR count). The van der Waals surface area contributed by atoms with Gasteiger partial charge < -0.3 is 5.73 Å². The number of hydrogen-bond donors (Lipinski definition) is 1. The van der Waals surface area contributed by atoms with Gasteiger partial charge in [0.2, 0.25) is 11.8 Å². The van der Waals surface area contributed by atoms with E-state index in [2.05, 4.69) is 0 Å². The highest BCUT2D eigenvalue weighted by Crippen LogP contribution is 2.37. The lowest BCUT2D eigenvalue weighted by atomic mass is 9.85. The second kappa shape index (κ2) is 3.98. The average Bonchev–Trinajstić information content (AvgIpc) is 2.64. The molecule has 2 atom stereocenters. The van der Waals surface area contributed by atoms with Crippen LogP contribution in [0.2, 0.25) is 0 Å². The molecular formula is C14H14N2O2. The van der Waals surface area contributed by atoms with Crippen LogP contribution in [0.3, 0.4) is 0 Å². The Labute approximate surface area is 105 Å². The van der Waals surface area contributed by atoms with E-state index in [0.717, 1.165) is 0 Å². The van der Waals surface area contributed by atoms with Crippen molar-refractivity contribution in [2.24, 2.45) is 11.8 Å². The van der Waals surface area contributed by atoms with Crippen LogP contribution in [0, 0.1) is 11.8 Å². The maximum atomic E-state index is 12.3. The highest BCUT2D eigenvalue weighted by molar-refractivity contribution is 6.22. The lowest BCUT2D eigenvalue weighted by Crippen LogP contribution is -2.30. The molecule has 2 aliphatic rings. The Morgan fingerprint density at radius 2 is 1.44 bits per heavy atom. The van der Waals surface area contributed by atoms with Gasteiger partial charge in [-0.05, 0) is 37.1 Å². The van der Waals surface area contributed by atoms with Crippen LogP contribution < -0.4 is 10.6 Å². The number of allylic oxidation sites excluding steroid dienone is 2. The van der Waals surface area contributed by atoms with Gasteiger partial charge in [-0.2, -0.15) is 0 Å². The highest BCUT2D eigenvalue weighted by Gasteiger charge is 2.47. The molecule has 0 unspecified atom stereocenters. The Balaban J connectivity index is 1.96. The first-order valence-electron chi connectivity index (χ1n) is 6.07. The highest BCUT2D eigenvalue weighted by atomic mass is 16.2. The summed E-state index contributed by atoms with van der Waals surface area (Å²) >= 11 is 0. The van der Waals surface area contributed by atoms with Gasteiger partial charge in [0.25, 0.3) is 0 Å². The Kier molecular flexibility index (Phi) is 2.44. The third-order valence-electron chi connectivity index (χ3n) is 3.66. The number of fused-ring (bicyclic) bond motifs is 1. The quantitative estimate of drug-likeness (QED) is 0.463. The predicted octanol–water partition coefficient (Wildman–Crippen LogP) is 1.72. The lowest BCUT2D eigenvalue weighted by Gasteiger charge is -2.14. The molecule has 0 aromatic heterocycles. The summed E-state index contributed by atoms with van der Waals surface area (Å²) in [5.41, 5.74) is 6.85. The molecule has 0 spiro atoms. The smallest absolute Gasteiger partial charge is 0.238 e. The standard InChI is InChI=1S/C14H14N2O2/c15-9-5-7-10(8-6-9)16-13(17)11-3-1-2-4-12(11)14(16)18/h1-2,5-8,11-12H,3-4,15H2/t11-,12-/m0/s1. The number of hydrogen-bond acceptors (Lipinski definition) is 3. The summed E-state index contributed by atoms with van der Waals surface area (Å²) < 4.78 is 0. The first-order valence-corrected chi connectivity index (χ1v) is 6.07. The van der Waals surface area contributed by atoms with Crippen LogP contribution in [0.5, 0.6) is 0 Å². The van der Waals surface area contributed by atoms with Gasteiger partial charge in [0.05, 0.1) is 17.5 Å². The van der Waals surface area contributed by atoms with Crippen LogP contribution in [0.15, 0.2) is 36.4 Å². The van der Waals surface area contributed by atoms with Crippen molar-refractivity contribution in [2.75, 3.05) is 10.6 Å². The van der Waals surface area contributed by atoms with Crippen molar-refractivity contribution in [1.82, 2.24) is 0 Å². The number of nitrogen functional groups attached to an aromatic ring is 1. The summed E-state index contributed by atoms with van der Waals surface area (Å²) in [6, 6.07) is 6.85. The predicted molar refractivity (Wildman–Crippen MR) is 68.7 cm³/mol. The number of amides is 2. The number of benzene rings is 1. The van der Waals surface area contributed by atoms with Crippen LogP contribution in [-0.4, -0.2) is 11.8 Å². The maximum Gasteiger partial charge on any atom is 0.238 e. The fourth-order valence-corrected chi connectivity index (χ4v) is 2.68. The average molecular weight is 242 g/mol. The number of carbonyl (C=O) groups excluding carboxylic acids is 2.